The lowest BCUT2D eigenvalue weighted by Crippen LogP contribution is -2.36. The molecular weight excluding hydrogens is 476 g/mol. The first-order valence-electron chi connectivity index (χ1n) is 14.2. The lowest BCUT2D eigenvalue weighted by molar-refractivity contribution is -0.135. The van der Waals surface area contributed by atoms with Gasteiger partial charge in [0.15, 0.2) is 0 Å². The topological polar surface area (TPSA) is 87.3 Å². The summed E-state index contributed by atoms with van der Waals surface area (Å²) in [6, 6.07) is 8.04. The number of allylic oxidation sites excluding steroid dienone is 2. The first-order valence-corrected chi connectivity index (χ1v) is 14.2. The summed E-state index contributed by atoms with van der Waals surface area (Å²) in [6.45, 7) is 5.09. The summed E-state index contributed by atoms with van der Waals surface area (Å²) in [5, 5.41) is 10.1. The molecule has 3 unspecified atom stereocenters. The van der Waals surface area contributed by atoms with E-state index in [1.165, 1.54) is 12.8 Å². The number of aromatic nitrogens is 2. The van der Waals surface area contributed by atoms with E-state index in [0.717, 1.165) is 61.8 Å². The van der Waals surface area contributed by atoms with Crippen LogP contribution in [-0.4, -0.2) is 46.6 Å². The number of aromatic amines is 1. The Bertz CT molecular complexity index is 1140. The van der Waals surface area contributed by atoms with Gasteiger partial charge in [-0.25, -0.2) is 0 Å². The molecule has 2 aliphatic rings. The van der Waals surface area contributed by atoms with Crippen molar-refractivity contribution < 1.29 is 14.3 Å². The second kappa shape index (κ2) is 13.4. The minimum atomic E-state index is -0.273. The molecule has 1 fully saturated rings. The Morgan fingerprint density at radius 1 is 1.21 bits per heavy atom. The average Bonchev–Trinajstić information content (AvgIpc) is 3.65. The van der Waals surface area contributed by atoms with Crippen LogP contribution in [0.3, 0.4) is 0 Å². The van der Waals surface area contributed by atoms with Crippen LogP contribution in [-0.2, 0) is 9.53 Å². The smallest absolute Gasteiger partial charge is 0.251 e. The highest BCUT2D eigenvalue weighted by Crippen LogP contribution is 2.37. The molecular formula is C31H42N4O3. The van der Waals surface area contributed by atoms with Crippen LogP contribution in [0.25, 0.3) is 5.57 Å². The Hall–Kier alpha value is -3.35. The van der Waals surface area contributed by atoms with Crippen LogP contribution in [0.2, 0.25) is 0 Å². The van der Waals surface area contributed by atoms with Gasteiger partial charge in [0.2, 0.25) is 5.91 Å². The largest absolute Gasteiger partial charge is 0.496 e. The van der Waals surface area contributed by atoms with E-state index in [1.807, 2.05) is 41.4 Å². The highest BCUT2D eigenvalue weighted by Gasteiger charge is 2.35. The minimum Gasteiger partial charge on any atom is -0.496 e. The van der Waals surface area contributed by atoms with Gasteiger partial charge in [0.1, 0.15) is 5.76 Å². The van der Waals surface area contributed by atoms with E-state index in [2.05, 4.69) is 35.4 Å². The molecule has 38 heavy (non-hydrogen) atoms. The van der Waals surface area contributed by atoms with Gasteiger partial charge in [0, 0.05) is 35.5 Å². The van der Waals surface area contributed by atoms with Crippen LogP contribution in [0.15, 0.2) is 54.6 Å². The first kappa shape index (κ1) is 27.7. The zero-order valence-electron chi connectivity index (χ0n) is 23.0. The minimum absolute atomic E-state index is 0.0189. The Balaban J connectivity index is 1.45. The third-order valence-corrected chi connectivity index (χ3v) is 7.74. The van der Waals surface area contributed by atoms with Crippen LogP contribution in [0.1, 0.15) is 99.2 Å². The van der Waals surface area contributed by atoms with E-state index in [1.54, 1.807) is 13.3 Å². The van der Waals surface area contributed by atoms with Gasteiger partial charge in [0.05, 0.1) is 25.3 Å². The highest BCUT2D eigenvalue weighted by molar-refractivity contribution is 5.94. The molecule has 2 heterocycles. The van der Waals surface area contributed by atoms with E-state index < -0.39 is 0 Å². The van der Waals surface area contributed by atoms with E-state index >= 15 is 0 Å². The van der Waals surface area contributed by atoms with Crippen LogP contribution >= 0.6 is 0 Å². The zero-order chi connectivity index (χ0) is 26.9. The number of H-pyrrole nitrogens is 1. The quantitative estimate of drug-likeness (QED) is 0.328. The Labute approximate surface area is 226 Å². The summed E-state index contributed by atoms with van der Waals surface area (Å²) >= 11 is 0. The third-order valence-electron chi connectivity index (χ3n) is 7.74. The highest BCUT2D eigenvalue weighted by atomic mass is 16.5. The standard InChI is InChI=1S/C31H42N4O3/c1-4-6-7-13-26(10-5-2)34-30(36)23-12-8-11-22(18-23)28-14-9-17-35(28)31(37)24-15-16-27(29(19-24)38-3)25-20-32-33-21-25/h8,11-12,16,18-21,24,26,28H,4-7,9-10,13-15,17H2,1-3H3,(H,32,33)(H,34,36). The molecule has 0 bridgehead atoms. The Kier molecular flexibility index (Phi) is 9.79. The van der Waals surface area contributed by atoms with Crippen molar-refractivity contribution in [1.82, 2.24) is 20.4 Å². The molecule has 204 valence electrons. The van der Waals surface area contributed by atoms with Crippen molar-refractivity contribution in [3.63, 3.8) is 0 Å². The van der Waals surface area contributed by atoms with Gasteiger partial charge < -0.3 is 15.0 Å². The number of nitrogens with one attached hydrogen (secondary N) is 2. The third kappa shape index (κ3) is 6.55. The number of hydrogen-bond acceptors (Lipinski definition) is 4. The fraction of sp³-hybridized carbons (Fsp3) is 0.516. The maximum absolute atomic E-state index is 13.7. The number of nitrogens with zero attached hydrogens (tertiary/aromatic N) is 2. The summed E-state index contributed by atoms with van der Waals surface area (Å²) in [7, 11) is 1.64. The molecule has 1 aromatic heterocycles. The first-order chi connectivity index (χ1) is 18.5. The van der Waals surface area contributed by atoms with Crippen molar-refractivity contribution in [2.45, 2.75) is 83.7 Å². The van der Waals surface area contributed by atoms with Crippen LogP contribution < -0.4 is 5.32 Å². The number of amides is 2. The van der Waals surface area contributed by atoms with Crippen molar-refractivity contribution in [3.05, 3.63) is 71.3 Å². The van der Waals surface area contributed by atoms with Crippen molar-refractivity contribution in [1.29, 1.82) is 0 Å². The van der Waals surface area contributed by atoms with Crippen molar-refractivity contribution >= 4 is 17.4 Å². The fourth-order valence-electron chi connectivity index (χ4n) is 5.72. The summed E-state index contributed by atoms with van der Waals surface area (Å²) in [5.41, 5.74) is 3.61. The summed E-state index contributed by atoms with van der Waals surface area (Å²) in [4.78, 5) is 28.9. The van der Waals surface area contributed by atoms with Crippen molar-refractivity contribution in [2.75, 3.05) is 13.7 Å². The number of ether oxygens (including phenoxy) is 1. The number of hydrogen-bond donors (Lipinski definition) is 2. The molecule has 7 heteroatoms. The molecule has 2 amide bonds. The maximum Gasteiger partial charge on any atom is 0.251 e. The lowest BCUT2D eigenvalue weighted by Gasteiger charge is -2.30. The fourth-order valence-corrected chi connectivity index (χ4v) is 5.72. The van der Waals surface area contributed by atoms with Gasteiger partial charge in [0.25, 0.3) is 5.91 Å². The number of rotatable bonds is 12. The summed E-state index contributed by atoms with van der Waals surface area (Å²) in [6.07, 6.45) is 16.6. The predicted molar refractivity (Wildman–Crippen MR) is 150 cm³/mol. The molecule has 0 saturated carbocycles. The van der Waals surface area contributed by atoms with Crippen molar-refractivity contribution in [3.8, 4) is 0 Å². The molecule has 0 radical (unpaired) electrons. The second-order valence-corrected chi connectivity index (χ2v) is 10.5. The molecule has 0 spiro atoms. The van der Waals surface area contributed by atoms with Gasteiger partial charge in [-0.3, -0.25) is 14.7 Å². The second-order valence-electron chi connectivity index (χ2n) is 10.5. The number of carbonyl (C=O) groups excluding carboxylic acids is 2. The number of benzene rings is 1. The molecule has 2 N–H and O–H groups in total. The van der Waals surface area contributed by atoms with Crippen LogP contribution in [0.5, 0.6) is 0 Å². The average molecular weight is 519 g/mol. The maximum atomic E-state index is 13.7. The van der Waals surface area contributed by atoms with E-state index in [9.17, 15) is 9.59 Å². The Morgan fingerprint density at radius 3 is 2.82 bits per heavy atom. The molecule has 7 nitrogen and oxygen atoms in total. The number of carbonyl (C=O) groups is 2. The van der Waals surface area contributed by atoms with E-state index in [-0.39, 0.29) is 29.8 Å². The SMILES string of the molecule is CCCCCC(CCC)NC(=O)c1cccc(C2CCCN2C(=O)C2C=C(OC)C(c3cn[nH]c3)=CC2)c1. The molecule has 4 rings (SSSR count). The van der Waals surface area contributed by atoms with Crippen molar-refractivity contribution in [2.24, 2.45) is 5.92 Å². The monoisotopic (exact) mass is 518 g/mol. The molecule has 2 aromatic rings. The van der Waals surface area contributed by atoms with Gasteiger partial charge in [-0.05, 0) is 55.9 Å². The normalized spacial score (nSPS) is 20.0. The molecule has 1 aliphatic heterocycles. The number of likely N-dealkylation sites (tertiary alicyclic amines) is 1. The van der Waals surface area contributed by atoms with Crippen LogP contribution in [0, 0.1) is 5.92 Å². The zero-order valence-corrected chi connectivity index (χ0v) is 23.0. The van der Waals surface area contributed by atoms with Gasteiger partial charge >= 0.3 is 0 Å². The predicted octanol–water partition coefficient (Wildman–Crippen LogP) is 6.19. The molecule has 3 atom stereocenters. The molecule has 1 saturated heterocycles. The Morgan fingerprint density at radius 2 is 2.08 bits per heavy atom. The van der Waals surface area contributed by atoms with Gasteiger partial charge in [-0.2, -0.15) is 5.10 Å². The van der Waals surface area contributed by atoms with E-state index in [0.29, 0.717) is 17.7 Å². The van der Waals surface area contributed by atoms with Gasteiger partial charge in [-0.1, -0.05) is 57.7 Å². The van der Waals surface area contributed by atoms with E-state index in [4.69, 9.17) is 4.74 Å². The number of unbranched alkanes of at least 4 members (excludes halogenated alkanes) is 2. The lowest BCUT2D eigenvalue weighted by atomic mass is 9.91. The summed E-state index contributed by atoms with van der Waals surface area (Å²) in [5.74, 6) is 0.518. The molecule has 1 aliphatic carbocycles. The number of methoxy groups -OCH3 is 1. The van der Waals surface area contributed by atoms with Crippen LogP contribution in [0.4, 0.5) is 0 Å². The molecule has 1 aromatic carbocycles. The van der Waals surface area contributed by atoms with Gasteiger partial charge in [-0.15, -0.1) is 0 Å². The summed E-state index contributed by atoms with van der Waals surface area (Å²) < 4.78 is 5.64.